The highest BCUT2D eigenvalue weighted by atomic mass is 127. The first kappa shape index (κ1) is 19.8. The summed E-state index contributed by atoms with van der Waals surface area (Å²) in [7, 11) is 0. The van der Waals surface area contributed by atoms with Gasteiger partial charge in [0.1, 0.15) is 0 Å². The molecule has 2 aromatic rings. The molecule has 0 unspecified atom stereocenters. The van der Waals surface area contributed by atoms with Crippen molar-refractivity contribution in [1.29, 1.82) is 0 Å². The lowest BCUT2D eigenvalue weighted by Gasteiger charge is -2.16. The van der Waals surface area contributed by atoms with Crippen LogP contribution in [0.3, 0.4) is 0 Å². The number of aromatic nitrogens is 2. The number of halogens is 1. The highest BCUT2D eigenvalue weighted by molar-refractivity contribution is 14.0. The van der Waals surface area contributed by atoms with Gasteiger partial charge >= 0.3 is 0 Å². The second-order valence-corrected chi connectivity index (χ2v) is 6.39. The summed E-state index contributed by atoms with van der Waals surface area (Å²) in [6.45, 7) is 5.65. The van der Waals surface area contributed by atoms with Gasteiger partial charge in [-0.25, -0.2) is 0 Å². The summed E-state index contributed by atoms with van der Waals surface area (Å²) < 4.78 is 1.96. The van der Waals surface area contributed by atoms with Crippen molar-refractivity contribution in [1.82, 2.24) is 20.4 Å². The Morgan fingerprint density at radius 1 is 1.20 bits per heavy atom. The van der Waals surface area contributed by atoms with Crippen LogP contribution in [-0.2, 0) is 12.0 Å². The maximum Gasteiger partial charge on any atom is 0.191 e. The van der Waals surface area contributed by atoms with E-state index < -0.39 is 0 Å². The number of hydrogen-bond acceptors (Lipinski definition) is 2. The first-order valence-electron chi connectivity index (χ1n) is 8.87. The molecule has 0 amide bonds. The van der Waals surface area contributed by atoms with Crippen molar-refractivity contribution in [2.45, 2.75) is 38.1 Å². The van der Waals surface area contributed by atoms with Crippen LogP contribution in [0.1, 0.15) is 31.7 Å². The van der Waals surface area contributed by atoms with E-state index in [0.717, 1.165) is 38.6 Å². The third-order valence-electron chi connectivity index (χ3n) is 4.54. The van der Waals surface area contributed by atoms with Crippen LogP contribution in [0.15, 0.2) is 53.8 Å². The van der Waals surface area contributed by atoms with E-state index in [4.69, 9.17) is 4.99 Å². The SMILES string of the molecule is CCNC(=NCC1(c2ccccc2)CC1)NCCCn1cccn1.I. The van der Waals surface area contributed by atoms with Crippen molar-refractivity contribution in [3.63, 3.8) is 0 Å². The first-order valence-corrected chi connectivity index (χ1v) is 8.87. The van der Waals surface area contributed by atoms with Crippen molar-refractivity contribution >= 4 is 29.9 Å². The van der Waals surface area contributed by atoms with Crippen LogP contribution < -0.4 is 10.6 Å². The molecule has 25 heavy (non-hydrogen) atoms. The summed E-state index contributed by atoms with van der Waals surface area (Å²) in [5, 5.41) is 11.0. The van der Waals surface area contributed by atoms with Crippen molar-refractivity contribution < 1.29 is 0 Å². The average Bonchev–Trinajstić information content (AvgIpc) is 3.24. The number of aryl methyl sites for hydroxylation is 1. The number of aliphatic imine (C=N–C) groups is 1. The van der Waals surface area contributed by atoms with E-state index in [1.165, 1.54) is 18.4 Å². The lowest BCUT2D eigenvalue weighted by atomic mass is 9.96. The topological polar surface area (TPSA) is 54.2 Å². The minimum atomic E-state index is 0. The second kappa shape index (κ2) is 9.79. The molecule has 0 saturated heterocycles. The molecule has 0 atom stereocenters. The van der Waals surface area contributed by atoms with Crippen LogP contribution in [0.25, 0.3) is 0 Å². The Morgan fingerprint density at radius 2 is 2.00 bits per heavy atom. The maximum atomic E-state index is 4.83. The van der Waals surface area contributed by atoms with E-state index in [1.54, 1.807) is 0 Å². The van der Waals surface area contributed by atoms with Gasteiger partial charge in [0, 0.05) is 37.4 Å². The third kappa shape index (κ3) is 5.73. The Kier molecular flexibility index (Phi) is 7.74. The highest BCUT2D eigenvalue weighted by Gasteiger charge is 2.43. The Balaban J connectivity index is 0.00000225. The van der Waals surface area contributed by atoms with Crippen LogP contribution in [0.5, 0.6) is 0 Å². The summed E-state index contributed by atoms with van der Waals surface area (Å²) in [6, 6.07) is 12.7. The zero-order valence-corrected chi connectivity index (χ0v) is 17.1. The standard InChI is InChI=1S/C19H27N5.HI/c1-2-20-18(21-12-6-14-24-15-7-13-23-24)22-16-19(10-11-19)17-8-4-3-5-9-17;/h3-5,7-9,13,15H,2,6,10-12,14,16H2,1H3,(H2,20,21,22);1H. The van der Waals surface area contributed by atoms with Crippen LogP contribution >= 0.6 is 24.0 Å². The lowest BCUT2D eigenvalue weighted by molar-refractivity contribution is 0.569. The molecular weight excluding hydrogens is 425 g/mol. The zero-order valence-electron chi connectivity index (χ0n) is 14.8. The number of nitrogens with zero attached hydrogens (tertiary/aromatic N) is 3. The molecule has 6 heteroatoms. The Bertz CT molecular complexity index is 635. The van der Waals surface area contributed by atoms with E-state index >= 15 is 0 Å². The quantitative estimate of drug-likeness (QED) is 0.280. The molecule has 5 nitrogen and oxygen atoms in total. The molecule has 1 aromatic heterocycles. The third-order valence-corrected chi connectivity index (χ3v) is 4.54. The number of hydrogen-bond donors (Lipinski definition) is 2. The van der Waals surface area contributed by atoms with Gasteiger partial charge in [-0.15, -0.1) is 24.0 Å². The summed E-state index contributed by atoms with van der Waals surface area (Å²) in [5.74, 6) is 0.917. The predicted molar refractivity (Wildman–Crippen MR) is 114 cm³/mol. The molecular formula is C19H28IN5. The van der Waals surface area contributed by atoms with E-state index in [-0.39, 0.29) is 29.4 Å². The molecule has 1 aliphatic carbocycles. The molecule has 1 heterocycles. The van der Waals surface area contributed by atoms with Gasteiger partial charge < -0.3 is 10.6 Å². The van der Waals surface area contributed by atoms with Crippen molar-refractivity contribution in [2.75, 3.05) is 19.6 Å². The normalized spacial score (nSPS) is 15.3. The van der Waals surface area contributed by atoms with Gasteiger partial charge in [-0.05, 0) is 37.8 Å². The van der Waals surface area contributed by atoms with Gasteiger partial charge in [0.2, 0.25) is 0 Å². The van der Waals surface area contributed by atoms with E-state index in [2.05, 4.69) is 53.0 Å². The molecule has 0 radical (unpaired) electrons. The Labute approximate surface area is 167 Å². The second-order valence-electron chi connectivity index (χ2n) is 6.39. The van der Waals surface area contributed by atoms with Gasteiger partial charge in [-0.2, -0.15) is 5.10 Å². The Morgan fingerprint density at radius 3 is 2.64 bits per heavy atom. The van der Waals surface area contributed by atoms with E-state index in [9.17, 15) is 0 Å². The van der Waals surface area contributed by atoms with Crippen LogP contribution in [0.2, 0.25) is 0 Å². The lowest BCUT2D eigenvalue weighted by Crippen LogP contribution is -2.38. The minimum Gasteiger partial charge on any atom is -0.357 e. The van der Waals surface area contributed by atoms with Gasteiger partial charge in [-0.3, -0.25) is 9.67 Å². The molecule has 1 aromatic carbocycles. The largest absolute Gasteiger partial charge is 0.357 e. The molecule has 1 fully saturated rings. The summed E-state index contributed by atoms with van der Waals surface area (Å²) in [5.41, 5.74) is 1.68. The number of rotatable bonds is 8. The summed E-state index contributed by atoms with van der Waals surface area (Å²) in [6.07, 6.45) is 7.31. The maximum absolute atomic E-state index is 4.83. The molecule has 2 N–H and O–H groups in total. The van der Waals surface area contributed by atoms with Gasteiger partial charge in [0.25, 0.3) is 0 Å². The summed E-state index contributed by atoms with van der Waals surface area (Å²) in [4.78, 5) is 4.83. The molecule has 1 saturated carbocycles. The smallest absolute Gasteiger partial charge is 0.191 e. The average molecular weight is 453 g/mol. The van der Waals surface area contributed by atoms with Crippen molar-refractivity contribution in [2.24, 2.45) is 4.99 Å². The van der Waals surface area contributed by atoms with Crippen LogP contribution in [0, 0.1) is 0 Å². The molecule has 0 bridgehead atoms. The monoisotopic (exact) mass is 453 g/mol. The van der Waals surface area contributed by atoms with Gasteiger partial charge in [0.15, 0.2) is 5.96 Å². The van der Waals surface area contributed by atoms with Crippen LogP contribution in [-0.4, -0.2) is 35.4 Å². The van der Waals surface area contributed by atoms with Crippen molar-refractivity contribution in [3.8, 4) is 0 Å². The van der Waals surface area contributed by atoms with Crippen molar-refractivity contribution in [3.05, 3.63) is 54.4 Å². The number of guanidine groups is 1. The fraction of sp³-hybridized carbons (Fsp3) is 0.474. The number of benzene rings is 1. The van der Waals surface area contributed by atoms with Gasteiger partial charge in [0.05, 0.1) is 6.54 Å². The summed E-state index contributed by atoms with van der Waals surface area (Å²) >= 11 is 0. The fourth-order valence-electron chi connectivity index (χ4n) is 2.93. The van der Waals surface area contributed by atoms with Gasteiger partial charge in [-0.1, -0.05) is 30.3 Å². The molecule has 1 aliphatic rings. The molecule has 0 aliphatic heterocycles. The Hall–Kier alpha value is -1.57. The molecule has 0 spiro atoms. The zero-order chi connectivity index (χ0) is 16.7. The first-order chi connectivity index (χ1) is 11.8. The minimum absolute atomic E-state index is 0. The number of nitrogens with one attached hydrogen (secondary N) is 2. The van der Waals surface area contributed by atoms with E-state index in [0.29, 0.717) is 0 Å². The van der Waals surface area contributed by atoms with Crippen LogP contribution in [0.4, 0.5) is 0 Å². The molecule has 136 valence electrons. The predicted octanol–water partition coefficient (Wildman–Crippen LogP) is 3.18. The highest BCUT2D eigenvalue weighted by Crippen LogP contribution is 2.48. The fourth-order valence-corrected chi connectivity index (χ4v) is 2.93. The van der Waals surface area contributed by atoms with E-state index in [1.807, 2.05) is 23.1 Å². The molecule has 3 rings (SSSR count).